The molecule has 3 heterocycles. The molecule has 6 rings (SSSR count). The molecule has 11 heteroatoms. The summed E-state index contributed by atoms with van der Waals surface area (Å²) in [6.45, 7) is 0.420. The zero-order chi connectivity index (χ0) is 25.9. The minimum absolute atomic E-state index is 0.175. The van der Waals surface area contributed by atoms with Crippen LogP contribution in [0, 0.1) is 0 Å². The molecule has 0 aliphatic heterocycles. The lowest BCUT2D eigenvalue weighted by Gasteiger charge is -2.04. The normalized spacial score (nSPS) is 11.0. The van der Waals surface area contributed by atoms with Crippen LogP contribution in [0.25, 0.3) is 46.1 Å². The van der Waals surface area contributed by atoms with Gasteiger partial charge in [-0.1, -0.05) is 35.5 Å². The van der Waals surface area contributed by atoms with E-state index >= 15 is 0 Å². The van der Waals surface area contributed by atoms with Crippen LogP contribution in [0.2, 0.25) is 0 Å². The molecule has 0 bridgehead atoms. The lowest BCUT2D eigenvalue weighted by Crippen LogP contribution is -2.04. The van der Waals surface area contributed by atoms with Gasteiger partial charge < -0.3 is 18.3 Å². The van der Waals surface area contributed by atoms with Gasteiger partial charge >= 0.3 is 0 Å². The van der Waals surface area contributed by atoms with Crippen LogP contribution in [-0.2, 0) is 6.54 Å². The highest BCUT2D eigenvalue weighted by atomic mass is 16.5. The standard InChI is InChI=1S/C27H21N7O4/c1-35-20-12-8-18(9-13-20)24-29-31-26(37-24)22-23(34(33-28-22)16-17-6-4-3-5-7-17)27-32-30-25(38-27)19-10-14-21(36-2)15-11-19/h3-15H,16H2,1-2H3. The molecule has 3 aromatic heterocycles. The monoisotopic (exact) mass is 507 g/mol. The predicted octanol–water partition coefficient (Wildman–Crippen LogP) is 4.78. The Bertz CT molecular complexity index is 1660. The van der Waals surface area contributed by atoms with Crippen LogP contribution in [0.15, 0.2) is 87.7 Å². The Morgan fingerprint density at radius 2 is 1.13 bits per heavy atom. The van der Waals surface area contributed by atoms with Gasteiger partial charge in [0.2, 0.25) is 11.8 Å². The summed E-state index contributed by atoms with van der Waals surface area (Å²) in [5.74, 6) is 2.51. The Labute approximate surface area is 216 Å². The van der Waals surface area contributed by atoms with Gasteiger partial charge in [0, 0.05) is 11.1 Å². The van der Waals surface area contributed by atoms with Crippen molar-refractivity contribution in [2.24, 2.45) is 0 Å². The van der Waals surface area contributed by atoms with Crippen molar-refractivity contribution in [2.75, 3.05) is 14.2 Å². The minimum Gasteiger partial charge on any atom is -0.497 e. The highest BCUT2D eigenvalue weighted by Gasteiger charge is 2.26. The Balaban J connectivity index is 1.40. The van der Waals surface area contributed by atoms with E-state index in [1.807, 2.05) is 78.9 Å². The van der Waals surface area contributed by atoms with Crippen LogP contribution < -0.4 is 9.47 Å². The molecular formula is C27H21N7O4. The topological polar surface area (TPSA) is 127 Å². The Morgan fingerprint density at radius 1 is 0.605 bits per heavy atom. The van der Waals surface area contributed by atoms with E-state index in [4.69, 9.17) is 18.3 Å². The molecule has 0 aliphatic carbocycles. The molecule has 0 fully saturated rings. The van der Waals surface area contributed by atoms with Crippen molar-refractivity contribution < 1.29 is 18.3 Å². The smallest absolute Gasteiger partial charge is 0.271 e. The maximum Gasteiger partial charge on any atom is 0.271 e. The fourth-order valence-electron chi connectivity index (χ4n) is 3.87. The first-order chi connectivity index (χ1) is 18.7. The highest BCUT2D eigenvalue weighted by molar-refractivity contribution is 5.70. The summed E-state index contributed by atoms with van der Waals surface area (Å²) in [7, 11) is 3.22. The summed E-state index contributed by atoms with van der Waals surface area (Å²) < 4.78 is 24.2. The number of rotatable bonds is 8. The minimum atomic E-state index is 0.175. The zero-order valence-corrected chi connectivity index (χ0v) is 20.5. The second-order valence-electron chi connectivity index (χ2n) is 8.21. The maximum atomic E-state index is 6.08. The van der Waals surface area contributed by atoms with Crippen molar-refractivity contribution in [1.82, 2.24) is 35.4 Å². The Hall–Kier alpha value is -5.32. The van der Waals surface area contributed by atoms with E-state index in [0.29, 0.717) is 29.7 Å². The second-order valence-corrected chi connectivity index (χ2v) is 8.21. The fourth-order valence-corrected chi connectivity index (χ4v) is 3.87. The summed E-state index contributed by atoms with van der Waals surface area (Å²) >= 11 is 0. The maximum absolute atomic E-state index is 6.08. The molecule has 0 spiro atoms. The van der Waals surface area contributed by atoms with E-state index in [9.17, 15) is 0 Å². The Kier molecular flexibility index (Phi) is 6.06. The lowest BCUT2D eigenvalue weighted by atomic mass is 10.2. The van der Waals surface area contributed by atoms with Crippen molar-refractivity contribution in [3.05, 3.63) is 84.4 Å². The number of methoxy groups -OCH3 is 2. The van der Waals surface area contributed by atoms with Crippen LogP contribution in [0.5, 0.6) is 11.5 Å². The quantitative estimate of drug-likeness (QED) is 0.284. The number of aromatic nitrogens is 7. The van der Waals surface area contributed by atoms with Gasteiger partial charge in [-0.3, -0.25) is 0 Å². The number of ether oxygens (including phenoxy) is 2. The van der Waals surface area contributed by atoms with Crippen LogP contribution in [0.3, 0.4) is 0 Å². The molecule has 0 unspecified atom stereocenters. The van der Waals surface area contributed by atoms with Gasteiger partial charge in [-0.05, 0) is 54.1 Å². The van der Waals surface area contributed by atoms with Crippen molar-refractivity contribution in [2.45, 2.75) is 6.54 Å². The molecule has 0 saturated carbocycles. The molecule has 6 aromatic rings. The highest BCUT2D eigenvalue weighted by Crippen LogP contribution is 2.33. The fraction of sp³-hybridized carbons (Fsp3) is 0.111. The first kappa shape index (κ1) is 23.1. The molecule has 11 nitrogen and oxygen atoms in total. The van der Waals surface area contributed by atoms with E-state index in [1.165, 1.54) is 0 Å². The average Bonchev–Trinajstić information content (AvgIpc) is 3.74. The van der Waals surface area contributed by atoms with Crippen molar-refractivity contribution in [3.63, 3.8) is 0 Å². The first-order valence-electron chi connectivity index (χ1n) is 11.7. The van der Waals surface area contributed by atoms with Gasteiger partial charge in [0.05, 0.1) is 20.8 Å². The molecule has 0 saturated heterocycles. The summed E-state index contributed by atoms with van der Waals surface area (Å²) in [4.78, 5) is 0. The van der Waals surface area contributed by atoms with Gasteiger partial charge in [-0.2, -0.15) is 0 Å². The third kappa shape index (κ3) is 4.48. The molecule has 38 heavy (non-hydrogen) atoms. The van der Waals surface area contributed by atoms with Crippen LogP contribution in [0.1, 0.15) is 5.56 Å². The molecule has 0 aliphatic rings. The third-order valence-electron chi connectivity index (χ3n) is 5.84. The van der Waals surface area contributed by atoms with Crippen LogP contribution >= 0.6 is 0 Å². The molecular weight excluding hydrogens is 486 g/mol. The third-order valence-corrected chi connectivity index (χ3v) is 5.84. The number of hydrogen-bond acceptors (Lipinski definition) is 10. The summed E-state index contributed by atoms with van der Waals surface area (Å²) in [6.07, 6.45) is 0. The average molecular weight is 508 g/mol. The van der Waals surface area contributed by atoms with Gasteiger partial charge in [-0.25, -0.2) is 4.68 Å². The molecule has 0 amide bonds. The van der Waals surface area contributed by atoms with E-state index in [0.717, 1.165) is 28.2 Å². The zero-order valence-electron chi connectivity index (χ0n) is 20.5. The van der Waals surface area contributed by atoms with Crippen LogP contribution in [0.4, 0.5) is 0 Å². The van der Waals surface area contributed by atoms with Gasteiger partial charge in [0.25, 0.3) is 11.8 Å². The molecule has 0 N–H and O–H groups in total. The van der Waals surface area contributed by atoms with Gasteiger partial charge in [-0.15, -0.1) is 25.5 Å². The first-order valence-corrected chi connectivity index (χ1v) is 11.7. The SMILES string of the molecule is COc1ccc(-c2nnc(-c3nnn(Cc4ccccc4)c3-c3nnc(-c4ccc(OC)cc4)o3)o2)cc1. The van der Waals surface area contributed by atoms with Gasteiger partial charge in [0.15, 0.2) is 11.4 Å². The van der Waals surface area contributed by atoms with Crippen molar-refractivity contribution >= 4 is 0 Å². The second kappa shape index (κ2) is 9.97. The van der Waals surface area contributed by atoms with E-state index in [-0.39, 0.29) is 11.8 Å². The number of benzene rings is 3. The summed E-state index contributed by atoms with van der Waals surface area (Å²) in [6, 6.07) is 24.5. The molecule has 3 aromatic carbocycles. The van der Waals surface area contributed by atoms with Crippen molar-refractivity contribution in [1.29, 1.82) is 0 Å². The lowest BCUT2D eigenvalue weighted by molar-refractivity contribution is 0.414. The molecule has 0 atom stereocenters. The van der Waals surface area contributed by atoms with E-state index < -0.39 is 0 Å². The van der Waals surface area contributed by atoms with E-state index in [1.54, 1.807) is 18.9 Å². The predicted molar refractivity (Wildman–Crippen MR) is 136 cm³/mol. The summed E-state index contributed by atoms with van der Waals surface area (Å²) in [5, 5.41) is 25.7. The number of nitrogens with zero attached hydrogens (tertiary/aromatic N) is 7. The molecule has 0 radical (unpaired) electrons. The Morgan fingerprint density at radius 3 is 1.71 bits per heavy atom. The van der Waals surface area contributed by atoms with E-state index in [2.05, 4.69) is 30.7 Å². The van der Waals surface area contributed by atoms with Crippen molar-refractivity contribution in [3.8, 4) is 57.6 Å². The largest absolute Gasteiger partial charge is 0.497 e. The van der Waals surface area contributed by atoms with Crippen LogP contribution in [-0.4, -0.2) is 49.6 Å². The van der Waals surface area contributed by atoms with Gasteiger partial charge in [0.1, 0.15) is 11.5 Å². The summed E-state index contributed by atoms with van der Waals surface area (Å²) in [5.41, 5.74) is 3.30. The number of hydrogen-bond donors (Lipinski definition) is 0. The molecule has 188 valence electrons.